The Morgan fingerprint density at radius 1 is 1.08 bits per heavy atom. The van der Waals surface area contributed by atoms with E-state index in [-0.39, 0.29) is 17.0 Å². The van der Waals surface area contributed by atoms with Crippen LogP contribution in [0.2, 0.25) is 0 Å². The van der Waals surface area contributed by atoms with E-state index in [1.54, 1.807) is 0 Å². The van der Waals surface area contributed by atoms with Crippen LogP contribution in [0.15, 0.2) is 0 Å². The van der Waals surface area contributed by atoms with Gasteiger partial charge in [-0.3, -0.25) is 0 Å². The van der Waals surface area contributed by atoms with Crippen molar-refractivity contribution in [2.24, 2.45) is 0 Å². The number of quaternary nitrogens is 1. The first-order valence-corrected chi connectivity index (χ1v) is 5.04. The summed E-state index contributed by atoms with van der Waals surface area (Å²) in [5.74, 6) is 0. The fourth-order valence-electron chi connectivity index (χ4n) is 1.03. The van der Waals surface area contributed by atoms with Crippen LogP contribution in [0.4, 0.5) is 0 Å². The van der Waals surface area contributed by atoms with E-state index in [2.05, 4.69) is 21.0 Å². The summed E-state index contributed by atoms with van der Waals surface area (Å²) in [7, 11) is 4.36. The maximum Gasteiger partial charge on any atom is 0.154 e. The Hall–Kier alpha value is 0.730. The highest BCUT2D eigenvalue weighted by molar-refractivity contribution is 6.16. The van der Waals surface area contributed by atoms with Crippen molar-refractivity contribution in [1.29, 1.82) is 0 Å². The minimum Gasteiger partial charge on any atom is -1.00 e. The molecule has 0 fully saturated rings. The van der Waals surface area contributed by atoms with Gasteiger partial charge in [0.25, 0.3) is 0 Å². The number of hydrogen-bond donors (Lipinski definition) is 0. The van der Waals surface area contributed by atoms with E-state index in [4.69, 9.17) is 11.6 Å². The highest BCUT2D eigenvalue weighted by Gasteiger charge is 2.10. The summed E-state index contributed by atoms with van der Waals surface area (Å²) in [4.78, 5) is 0. The van der Waals surface area contributed by atoms with E-state index in [0.717, 1.165) is 10.5 Å². The molecule has 0 N–H and O–H groups in total. The van der Waals surface area contributed by atoms with Gasteiger partial charge in [0.15, 0.2) is 6.00 Å². The Kier molecular flexibility index (Phi) is 10.6. The molecule has 0 aromatic carbocycles. The molecule has 1 nitrogen and oxygen atoms in total. The van der Waals surface area contributed by atoms with Gasteiger partial charge in [-0.05, 0) is 12.8 Å². The zero-order valence-corrected chi connectivity index (χ0v) is 10.8. The van der Waals surface area contributed by atoms with Gasteiger partial charge in [0.05, 0.1) is 20.6 Å². The molecule has 0 unspecified atom stereocenters. The molecule has 76 valence electrons. The van der Waals surface area contributed by atoms with Gasteiger partial charge in [-0.2, -0.15) is 0 Å². The van der Waals surface area contributed by atoms with Crippen molar-refractivity contribution in [2.45, 2.75) is 32.6 Å². The lowest BCUT2D eigenvalue weighted by molar-refractivity contribution is -0.879. The van der Waals surface area contributed by atoms with E-state index in [1.165, 1.54) is 32.2 Å². The molecule has 0 saturated heterocycles. The van der Waals surface area contributed by atoms with E-state index in [0.29, 0.717) is 0 Å². The fraction of sp³-hybridized carbons (Fsp3) is 1.00. The molecular formula is C9H21BrClN. The van der Waals surface area contributed by atoms with Crippen molar-refractivity contribution in [3.05, 3.63) is 0 Å². The lowest BCUT2D eigenvalue weighted by Gasteiger charge is -2.26. The SMILES string of the molecule is CCCCCC[N+](C)(C)CCl.[Br-]. The quantitative estimate of drug-likeness (QED) is 0.269. The first kappa shape index (κ1) is 15.2. The molecule has 0 aliphatic heterocycles. The predicted octanol–water partition coefficient (Wildman–Crippen LogP) is -0.157. The molecule has 0 amide bonds. The molecule has 0 heterocycles. The highest BCUT2D eigenvalue weighted by atomic mass is 79.9. The summed E-state index contributed by atoms with van der Waals surface area (Å²) in [6, 6.07) is 0.728. The number of rotatable bonds is 6. The third kappa shape index (κ3) is 8.82. The fourth-order valence-corrected chi connectivity index (χ4v) is 1.15. The van der Waals surface area contributed by atoms with Gasteiger partial charge >= 0.3 is 0 Å². The largest absolute Gasteiger partial charge is 1.00 e. The molecule has 0 saturated carbocycles. The minimum atomic E-state index is 0. The van der Waals surface area contributed by atoms with Gasteiger partial charge in [0.1, 0.15) is 0 Å². The Bertz CT molecular complexity index is 96.5. The third-order valence-electron chi connectivity index (χ3n) is 1.94. The monoisotopic (exact) mass is 257 g/mol. The van der Waals surface area contributed by atoms with E-state index >= 15 is 0 Å². The topological polar surface area (TPSA) is 0 Å². The summed E-state index contributed by atoms with van der Waals surface area (Å²) in [6.45, 7) is 3.45. The molecule has 0 spiro atoms. The molecule has 0 radical (unpaired) electrons. The summed E-state index contributed by atoms with van der Waals surface area (Å²) in [5.41, 5.74) is 0. The molecule has 0 atom stereocenters. The van der Waals surface area contributed by atoms with E-state index < -0.39 is 0 Å². The molecule has 12 heavy (non-hydrogen) atoms. The smallest absolute Gasteiger partial charge is 0.154 e. The second kappa shape index (κ2) is 8.33. The van der Waals surface area contributed by atoms with E-state index in [1.807, 2.05) is 0 Å². The van der Waals surface area contributed by atoms with Crippen LogP contribution in [0.1, 0.15) is 32.6 Å². The number of hydrogen-bond acceptors (Lipinski definition) is 0. The first-order chi connectivity index (χ1) is 5.12. The molecule has 0 rings (SSSR count). The zero-order valence-electron chi connectivity index (χ0n) is 8.45. The van der Waals surface area contributed by atoms with Crippen molar-refractivity contribution in [3.8, 4) is 0 Å². The number of alkyl halides is 1. The minimum absolute atomic E-state index is 0. The summed E-state index contributed by atoms with van der Waals surface area (Å²) >= 11 is 5.78. The van der Waals surface area contributed by atoms with Gasteiger partial charge in [-0.1, -0.05) is 31.4 Å². The molecule has 0 aromatic heterocycles. The summed E-state index contributed by atoms with van der Waals surface area (Å²) in [5, 5.41) is 0. The normalized spacial score (nSPS) is 11.0. The van der Waals surface area contributed by atoms with Crippen molar-refractivity contribution in [2.75, 3.05) is 26.6 Å². The van der Waals surface area contributed by atoms with Crippen LogP contribution in [0.5, 0.6) is 0 Å². The Morgan fingerprint density at radius 3 is 2.08 bits per heavy atom. The van der Waals surface area contributed by atoms with Gasteiger partial charge in [0.2, 0.25) is 0 Å². The summed E-state index contributed by atoms with van der Waals surface area (Å²) in [6.07, 6.45) is 5.35. The predicted molar refractivity (Wildman–Crippen MR) is 51.8 cm³/mol. The van der Waals surface area contributed by atoms with Crippen molar-refractivity contribution in [1.82, 2.24) is 0 Å². The van der Waals surface area contributed by atoms with Crippen LogP contribution in [0.25, 0.3) is 0 Å². The molecule has 0 aliphatic carbocycles. The van der Waals surface area contributed by atoms with Crippen LogP contribution in [0.3, 0.4) is 0 Å². The average molecular weight is 259 g/mol. The third-order valence-corrected chi connectivity index (χ3v) is 2.59. The standard InChI is InChI=1S/C9H21ClN.BrH/c1-4-5-6-7-8-11(2,3)9-10;/h4-9H2,1-3H3;1H/q+1;/p-1. The molecule has 0 bridgehead atoms. The van der Waals surface area contributed by atoms with Gasteiger partial charge in [0, 0.05) is 0 Å². The van der Waals surface area contributed by atoms with Crippen LogP contribution in [-0.2, 0) is 0 Å². The second-order valence-corrected chi connectivity index (χ2v) is 4.08. The maximum absolute atomic E-state index is 5.78. The Morgan fingerprint density at radius 2 is 1.67 bits per heavy atom. The van der Waals surface area contributed by atoms with Crippen LogP contribution >= 0.6 is 11.6 Å². The van der Waals surface area contributed by atoms with E-state index in [9.17, 15) is 0 Å². The Balaban J connectivity index is 0. The summed E-state index contributed by atoms with van der Waals surface area (Å²) < 4.78 is 0.950. The lowest BCUT2D eigenvalue weighted by Crippen LogP contribution is -3.00. The van der Waals surface area contributed by atoms with Crippen LogP contribution in [0, 0.1) is 0 Å². The lowest BCUT2D eigenvalue weighted by atomic mass is 10.2. The average Bonchev–Trinajstić information content (AvgIpc) is 1.99. The van der Waals surface area contributed by atoms with Crippen LogP contribution in [-0.4, -0.2) is 31.1 Å². The van der Waals surface area contributed by atoms with Crippen LogP contribution < -0.4 is 17.0 Å². The van der Waals surface area contributed by atoms with Gasteiger partial charge in [-0.25, -0.2) is 0 Å². The zero-order chi connectivity index (χ0) is 8.74. The van der Waals surface area contributed by atoms with Crippen molar-refractivity contribution >= 4 is 11.6 Å². The van der Waals surface area contributed by atoms with Gasteiger partial charge in [-0.15, -0.1) is 0 Å². The number of halogens is 2. The van der Waals surface area contributed by atoms with Crippen molar-refractivity contribution < 1.29 is 21.5 Å². The highest BCUT2D eigenvalue weighted by Crippen LogP contribution is 2.05. The molecular weight excluding hydrogens is 237 g/mol. The molecule has 3 heteroatoms. The first-order valence-electron chi connectivity index (χ1n) is 4.50. The number of nitrogens with zero attached hydrogens (tertiary/aromatic N) is 1. The number of unbranched alkanes of at least 4 members (excludes halogenated alkanes) is 3. The second-order valence-electron chi connectivity index (χ2n) is 3.84. The molecule has 0 aromatic rings. The molecule has 0 aliphatic rings. The van der Waals surface area contributed by atoms with Crippen molar-refractivity contribution in [3.63, 3.8) is 0 Å². The Labute approximate surface area is 92.4 Å². The maximum atomic E-state index is 5.78. The van der Waals surface area contributed by atoms with Gasteiger partial charge < -0.3 is 21.5 Å².